The van der Waals surface area contributed by atoms with Crippen molar-refractivity contribution in [2.24, 2.45) is 5.92 Å². The fourth-order valence-corrected chi connectivity index (χ4v) is 3.46. The van der Waals surface area contributed by atoms with Crippen LogP contribution in [0.25, 0.3) is 0 Å². The van der Waals surface area contributed by atoms with Crippen LogP contribution in [0.5, 0.6) is 0 Å². The lowest BCUT2D eigenvalue weighted by Gasteiger charge is -2.22. The predicted octanol–water partition coefficient (Wildman–Crippen LogP) is 2.02. The Kier molecular flexibility index (Phi) is 4.48. The van der Waals surface area contributed by atoms with Gasteiger partial charge in [0.1, 0.15) is 0 Å². The van der Waals surface area contributed by atoms with Crippen LogP contribution in [0.2, 0.25) is 5.02 Å². The van der Waals surface area contributed by atoms with E-state index in [9.17, 15) is 4.79 Å². The highest BCUT2D eigenvalue weighted by Gasteiger charge is 2.37. The molecule has 0 aromatic heterocycles. The molecule has 5 heteroatoms. The Morgan fingerprint density at radius 1 is 1.33 bits per heavy atom. The van der Waals surface area contributed by atoms with Crippen molar-refractivity contribution in [3.63, 3.8) is 0 Å². The number of ether oxygens (including phenoxy) is 1. The van der Waals surface area contributed by atoms with Crippen LogP contribution in [0.1, 0.15) is 12.5 Å². The van der Waals surface area contributed by atoms with Crippen molar-refractivity contribution in [2.45, 2.75) is 19.6 Å². The van der Waals surface area contributed by atoms with Gasteiger partial charge in [0.05, 0.1) is 12.7 Å². The fraction of sp³-hybridized carbons (Fsp3) is 0.562. The molecule has 2 saturated heterocycles. The summed E-state index contributed by atoms with van der Waals surface area (Å²) in [6.07, 6.45) is 0.233. The monoisotopic (exact) mass is 308 g/mol. The lowest BCUT2D eigenvalue weighted by molar-refractivity contribution is -0.129. The molecular weight excluding hydrogens is 288 g/mol. The van der Waals surface area contributed by atoms with Gasteiger partial charge in [-0.3, -0.25) is 9.69 Å². The zero-order valence-corrected chi connectivity index (χ0v) is 13.1. The summed E-state index contributed by atoms with van der Waals surface area (Å²) in [4.78, 5) is 15.9. The number of halogens is 1. The van der Waals surface area contributed by atoms with Gasteiger partial charge in [-0.05, 0) is 11.6 Å². The Bertz CT molecular complexity index is 523. The van der Waals surface area contributed by atoms with Crippen LogP contribution in [0.4, 0.5) is 0 Å². The second kappa shape index (κ2) is 6.34. The lowest BCUT2D eigenvalue weighted by atomic mass is 10.1. The topological polar surface area (TPSA) is 32.8 Å². The van der Waals surface area contributed by atoms with Crippen molar-refractivity contribution in [3.8, 4) is 0 Å². The van der Waals surface area contributed by atoms with E-state index in [0.29, 0.717) is 19.1 Å². The van der Waals surface area contributed by atoms with E-state index in [-0.39, 0.29) is 12.0 Å². The van der Waals surface area contributed by atoms with Crippen LogP contribution >= 0.6 is 11.6 Å². The number of benzene rings is 1. The van der Waals surface area contributed by atoms with Gasteiger partial charge in [-0.25, -0.2) is 0 Å². The summed E-state index contributed by atoms with van der Waals surface area (Å²) in [6, 6.07) is 7.97. The Morgan fingerprint density at radius 2 is 2.14 bits per heavy atom. The number of nitrogens with zero attached hydrogens (tertiary/aromatic N) is 2. The molecule has 1 amide bonds. The molecule has 0 spiro atoms. The standard InChI is InChI=1S/C16H21ClN2O2/c1-12(20)19-6-7-21-16-11-18(9-14(16)10-19)8-13-4-2-3-5-15(13)17/h2-5,14,16H,6-11H2,1H3/t14-,16-/m1/s1. The van der Waals surface area contributed by atoms with Crippen LogP contribution in [-0.4, -0.2) is 54.6 Å². The minimum Gasteiger partial charge on any atom is -0.375 e. The molecule has 1 aromatic rings. The quantitative estimate of drug-likeness (QED) is 0.838. The number of hydrogen-bond acceptors (Lipinski definition) is 3. The van der Waals surface area contributed by atoms with Gasteiger partial charge in [0.15, 0.2) is 0 Å². The number of amides is 1. The number of fused-ring (bicyclic) bond motifs is 1. The van der Waals surface area contributed by atoms with Crippen molar-refractivity contribution in [1.82, 2.24) is 9.80 Å². The van der Waals surface area contributed by atoms with E-state index in [1.54, 1.807) is 6.92 Å². The molecule has 0 radical (unpaired) electrons. The number of hydrogen-bond donors (Lipinski definition) is 0. The maximum Gasteiger partial charge on any atom is 0.219 e. The summed E-state index contributed by atoms with van der Waals surface area (Å²) < 4.78 is 5.94. The normalized spacial score (nSPS) is 26.5. The number of carbonyl (C=O) groups is 1. The van der Waals surface area contributed by atoms with Crippen LogP contribution in [-0.2, 0) is 16.1 Å². The van der Waals surface area contributed by atoms with Gasteiger partial charge in [0.2, 0.25) is 5.91 Å². The molecule has 2 heterocycles. The molecule has 114 valence electrons. The van der Waals surface area contributed by atoms with E-state index in [1.165, 1.54) is 0 Å². The first-order chi connectivity index (χ1) is 10.1. The third kappa shape index (κ3) is 3.39. The Labute approximate surface area is 130 Å². The Balaban J connectivity index is 1.65. The summed E-state index contributed by atoms with van der Waals surface area (Å²) in [7, 11) is 0. The zero-order valence-electron chi connectivity index (χ0n) is 12.3. The van der Waals surface area contributed by atoms with Gasteiger partial charge in [-0.2, -0.15) is 0 Å². The highest BCUT2D eigenvalue weighted by atomic mass is 35.5. The molecule has 0 bridgehead atoms. The summed E-state index contributed by atoms with van der Waals surface area (Å²) in [6.45, 7) is 6.51. The Hall–Kier alpha value is -1.10. The van der Waals surface area contributed by atoms with Crippen molar-refractivity contribution >= 4 is 17.5 Å². The second-order valence-electron chi connectivity index (χ2n) is 5.92. The summed E-state index contributed by atoms with van der Waals surface area (Å²) in [5.41, 5.74) is 1.15. The van der Waals surface area contributed by atoms with E-state index in [4.69, 9.17) is 16.3 Å². The molecule has 1 aromatic carbocycles. The average molecular weight is 309 g/mol. The first kappa shape index (κ1) is 14.8. The predicted molar refractivity (Wildman–Crippen MR) is 82.2 cm³/mol. The molecule has 2 atom stereocenters. The molecule has 0 saturated carbocycles. The van der Waals surface area contributed by atoms with Crippen molar-refractivity contribution in [3.05, 3.63) is 34.9 Å². The molecule has 2 aliphatic rings. The van der Waals surface area contributed by atoms with Crippen molar-refractivity contribution in [1.29, 1.82) is 0 Å². The Morgan fingerprint density at radius 3 is 2.90 bits per heavy atom. The smallest absolute Gasteiger partial charge is 0.219 e. The van der Waals surface area contributed by atoms with Crippen LogP contribution in [0.3, 0.4) is 0 Å². The molecular formula is C16H21ClN2O2. The molecule has 2 aliphatic heterocycles. The van der Waals surface area contributed by atoms with Gasteiger partial charge in [-0.1, -0.05) is 29.8 Å². The van der Waals surface area contributed by atoms with Crippen molar-refractivity contribution < 1.29 is 9.53 Å². The first-order valence-corrected chi connectivity index (χ1v) is 7.84. The fourth-order valence-electron chi connectivity index (χ4n) is 3.26. The summed E-state index contributed by atoms with van der Waals surface area (Å²) in [5.74, 6) is 0.544. The van der Waals surface area contributed by atoms with Gasteiger partial charge < -0.3 is 9.64 Å². The number of carbonyl (C=O) groups excluding carboxylic acids is 1. The van der Waals surface area contributed by atoms with E-state index in [1.807, 2.05) is 23.1 Å². The van der Waals surface area contributed by atoms with Crippen LogP contribution in [0.15, 0.2) is 24.3 Å². The minimum atomic E-state index is 0.142. The lowest BCUT2D eigenvalue weighted by Crippen LogP contribution is -2.35. The van der Waals surface area contributed by atoms with Gasteiger partial charge in [0, 0.05) is 50.6 Å². The van der Waals surface area contributed by atoms with E-state index in [0.717, 1.165) is 36.8 Å². The molecule has 4 nitrogen and oxygen atoms in total. The van der Waals surface area contributed by atoms with E-state index < -0.39 is 0 Å². The van der Waals surface area contributed by atoms with Gasteiger partial charge in [-0.15, -0.1) is 0 Å². The third-order valence-electron chi connectivity index (χ3n) is 4.40. The third-order valence-corrected chi connectivity index (χ3v) is 4.77. The second-order valence-corrected chi connectivity index (χ2v) is 6.33. The average Bonchev–Trinajstić information content (AvgIpc) is 2.71. The first-order valence-electron chi connectivity index (χ1n) is 7.46. The molecule has 0 N–H and O–H groups in total. The highest BCUT2D eigenvalue weighted by molar-refractivity contribution is 6.31. The van der Waals surface area contributed by atoms with E-state index >= 15 is 0 Å². The SMILES string of the molecule is CC(=O)N1CCO[C@@H]2CN(Cc3ccccc3Cl)C[C@@H]2C1. The summed E-state index contributed by atoms with van der Waals surface area (Å²) in [5, 5.41) is 0.816. The number of likely N-dealkylation sites (tertiary alicyclic amines) is 1. The van der Waals surface area contributed by atoms with Gasteiger partial charge >= 0.3 is 0 Å². The highest BCUT2D eigenvalue weighted by Crippen LogP contribution is 2.26. The zero-order chi connectivity index (χ0) is 14.8. The molecule has 21 heavy (non-hydrogen) atoms. The largest absolute Gasteiger partial charge is 0.375 e. The van der Waals surface area contributed by atoms with Crippen LogP contribution in [0, 0.1) is 5.92 Å². The van der Waals surface area contributed by atoms with Crippen molar-refractivity contribution in [2.75, 3.05) is 32.8 Å². The maximum absolute atomic E-state index is 11.6. The molecule has 3 rings (SSSR count). The summed E-state index contributed by atoms with van der Waals surface area (Å²) >= 11 is 6.24. The van der Waals surface area contributed by atoms with E-state index in [2.05, 4.69) is 11.0 Å². The number of rotatable bonds is 2. The molecule has 2 fully saturated rings. The maximum atomic E-state index is 11.6. The van der Waals surface area contributed by atoms with Gasteiger partial charge in [0.25, 0.3) is 0 Å². The van der Waals surface area contributed by atoms with Crippen LogP contribution < -0.4 is 0 Å². The molecule has 0 aliphatic carbocycles. The minimum absolute atomic E-state index is 0.142. The molecule has 0 unspecified atom stereocenters.